The summed E-state index contributed by atoms with van der Waals surface area (Å²) in [5.41, 5.74) is 4.27. The molecule has 130 valence electrons. The Bertz CT molecular complexity index is 1030. The van der Waals surface area contributed by atoms with Gasteiger partial charge < -0.3 is 4.98 Å². The van der Waals surface area contributed by atoms with Crippen molar-refractivity contribution < 1.29 is 8.42 Å². The summed E-state index contributed by atoms with van der Waals surface area (Å²) in [4.78, 5) is 3.16. The number of sulfonamides is 1. The van der Waals surface area contributed by atoms with Gasteiger partial charge in [0.1, 0.15) is 0 Å². The molecule has 1 aliphatic rings. The summed E-state index contributed by atoms with van der Waals surface area (Å²) >= 11 is 6.44. The molecular weight excluding hydrogens is 356 g/mol. The van der Waals surface area contributed by atoms with Gasteiger partial charge in [-0.15, -0.1) is 0 Å². The number of rotatable bonds is 3. The third-order valence-electron chi connectivity index (χ3n) is 4.95. The van der Waals surface area contributed by atoms with Crippen LogP contribution >= 0.6 is 11.6 Å². The molecule has 4 rings (SSSR count). The number of nitrogens with zero attached hydrogens (tertiary/aromatic N) is 1. The topological polar surface area (TPSA) is 53.2 Å². The van der Waals surface area contributed by atoms with Gasteiger partial charge in [0.25, 0.3) is 0 Å². The number of aromatic nitrogens is 1. The number of aromatic amines is 1. The molecule has 4 nitrogen and oxygen atoms in total. The Morgan fingerprint density at radius 1 is 1.16 bits per heavy atom. The van der Waals surface area contributed by atoms with Crippen LogP contribution in [0.5, 0.6) is 0 Å². The molecule has 0 amide bonds. The van der Waals surface area contributed by atoms with E-state index >= 15 is 0 Å². The molecule has 1 N–H and O–H groups in total. The molecule has 25 heavy (non-hydrogen) atoms. The molecule has 0 spiro atoms. The Hall–Kier alpha value is -1.82. The first-order valence-electron chi connectivity index (χ1n) is 8.24. The van der Waals surface area contributed by atoms with E-state index in [0.717, 1.165) is 28.5 Å². The zero-order valence-corrected chi connectivity index (χ0v) is 15.4. The van der Waals surface area contributed by atoms with E-state index in [1.54, 1.807) is 4.31 Å². The monoisotopic (exact) mass is 374 g/mol. The quantitative estimate of drug-likeness (QED) is 0.745. The van der Waals surface area contributed by atoms with E-state index in [0.29, 0.717) is 18.1 Å². The zero-order valence-electron chi connectivity index (χ0n) is 13.9. The van der Waals surface area contributed by atoms with Crippen LogP contribution in [0.2, 0.25) is 5.02 Å². The number of fused-ring (bicyclic) bond motifs is 1. The molecule has 1 saturated heterocycles. The lowest BCUT2D eigenvalue weighted by Gasteiger charge is -2.14. The zero-order chi connectivity index (χ0) is 17.6. The molecule has 2 aromatic carbocycles. The SMILES string of the molecule is CS(=O)(=O)N1CCC(c2ccc(-c3cc4cc[nH]c4cc3Cl)cc2)C1. The smallest absolute Gasteiger partial charge is 0.211 e. The summed E-state index contributed by atoms with van der Waals surface area (Å²) in [5, 5.41) is 1.84. The van der Waals surface area contributed by atoms with Crippen LogP contribution in [0.4, 0.5) is 0 Å². The Balaban J connectivity index is 1.61. The van der Waals surface area contributed by atoms with Crippen molar-refractivity contribution in [3.05, 3.63) is 59.2 Å². The average Bonchev–Trinajstić information content (AvgIpc) is 3.23. The second-order valence-corrected chi connectivity index (χ2v) is 9.02. The van der Waals surface area contributed by atoms with E-state index < -0.39 is 10.0 Å². The Kier molecular flexibility index (Phi) is 4.10. The predicted molar refractivity (Wildman–Crippen MR) is 103 cm³/mol. The van der Waals surface area contributed by atoms with Gasteiger partial charge in [-0.1, -0.05) is 35.9 Å². The molecule has 1 fully saturated rings. The van der Waals surface area contributed by atoms with Gasteiger partial charge in [0, 0.05) is 35.8 Å². The van der Waals surface area contributed by atoms with Crippen LogP contribution in [-0.2, 0) is 10.0 Å². The average molecular weight is 375 g/mol. The lowest BCUT2D eigenvalue weighted by atomic mass is 9.95. The Morgan fingerprint density at radius 2 is 1.92 bits per heavy atom. The van der Waals surface area contributed by atoms with Crippen LogP contribution in [0.3, 0.4) is 0 Å². The summed E-state index contributed by atoms with van der Waals surface area (Å²) in [7, 11) is -3.10. The van der Waals surface area contributed by atoms with Gasteiger partial charge in [-0.25, -0.2) is 12.7 Å². The van der Waals surface area contributed by atoms with Gasteiger partial charge in [0.2, 0.25) is 10.0 Å². The minimum atomic E-state index is -3.10. The van der Waals surface area contributed by atoms with Crippen molar-refractivity contribution in [3.63, 3.8) is 0 Å². The molecule has 2 heterocycles. The largest absolute Gasteiger partial charge is 0.361 e. The maximum absolute atomic E-state index is 11.7. The highest BCUT2D eigenvalue weighted by molar-refractivity contribution is 7.88. The molecule has 1 atom stereocenters. The Labute approximate surface area is 152 Å². The standard InChI is InChI=1S/C19H19ClN2O2S/c1-25(23,24)22-9-7-16(12-22)13-2-4-14(5-3-13)17-10-15-6-8-21-19(15)11-18(17)20/h2-6,8,10-11,16,21H,7,9,12H2,1H3. The molecule has 6 heteroatoms. The summed E-state index contributed by atoms with van der Waals surface area (Å²) in [5.74, 6) is 0.256. The first kappa shape index (κ1) is 16.6. The van der Waals surface area contributed by atoms with Crippen LogP contribution in [0.25, 0.3) is 22.0 Å². The number of hydrogen-bond acceptors (Lipinski definition) is 2. The highest BCUT2D eigenvalue weighted by Crippen LogP contribution is 2.34. The summed E-state index contributed by atoms with van der Waals surface area (Å²) in [6, 6.07) is 14.4. The minimum Gasteiger partial charge on any atom is -0.361 e. The third-order valence-corrected chi connectivity index (χ3v) is 6.54. The van der Waals surface area contributed by atoms with Crippen molar-refractivity contribution in [2.75, 3.05) is 19.3 Å². The lowest BCUT2D eigenvalue weighted by Crippen LogP contribution is -2.27. The molecule has 1 aromatic heterocycles. The van der Waals surface area contributed by atoms with Crippen LogP contribution in [-0.4, -0.2) is 37.1 Å². The van der Waals surface area contributed by atoms with E-state index in [4.69, 9.17) is 11.6 Å². The molecule has 3 aromatic rings. The van der Waals surface area contributed by atoms with Gasteiger partial charge in [-0.3, -0.25) is 0 Å². The third kappa shape index (κ3) is 3.19. The summed E-state index contributed by atoms with van der Waals surface area (Å²) < 4.78 is 24.9. The van der Waals surface area contributed by atoms with E-state index in [9.17, 15) is 8.42 Å². The first-order chi connectivity index (χ1) is 11.9. The predicted octanol–water partition coefficient (Wildman–Crippen LogP) is 4.24. The second-order valence-electron chi connectivity index (χ2n) is 6.63. The first-order valence-corrected chi connectivity index (χ1v) is 10.5. The van der Waals surface area contributed by atoms with Crippen molar-refractivity contribution in [2.24, 2.45) is 0 Å². The van der Waals surface area contributed by atoms with Crippen LogP contribution in [0, 0.1) is 0 Å². The summed E-state index contributed by atoms with van der Waals surface area (Å²) in [6.45, 7) is 1.16. The molecule has 0 radical (unpaired) electrons. The van der Waals surface area contributed by atoms with Gasteiger partial charge in [0.15, 0.2) is 0 Å². The molecule has 1 unspecified atom stereocenters. The van der Waals surface area contributed by atoms with Gasteiger partial charge in [-0.2, -0.15) is 0 Å². The van der Waals surface area contributed by atoms with E-state index in [1.165, 1.54) is 11.8 Å². The van der Waals surface area contributed by atoms with Crippen molar-refractivity contribution in [1.82, 2.24) is 9.29 Å². The molecule has 0 bridgehead atoms. The lowest BCUT2D eigenvalue weighted by molar-refractivity contribution is 0.478. The Morgan fingerprint density at radius 3 is 2.60 bits per heavy atom. The maximum atomic E-state index is 11.7. The number of benzene rings is 2. The van der Waals surface area contributed by atoms with Crippen molar-refractivity contribution in [3.8, 4) is 11.1 Å². The number of H-pyrrole nitrogens is 1. The maximum Gasteiger partial charge on any atom is 0.211 e. The van der Waals surface area contributed by atoms with E-state index in [2.05, 4.69) is 35.3 Å². The van der Waals surface area contributed by atoms with Gasteiger partial charge >= 0.3 is 0 Å². The normalized spacial score (nSPS) is 18.9. The van der Waals surface area contributed by atoms with Crippen LogP contribution in [0.15, 0.2) is 48.7 Å². The fourth-order valence-corrected chi connectivity index (χ4v) is 4.69. The number of halogens is 1. The minimum absolute atomic E-state index is 0.256. The number of hydrogen-bond donors (Lipinski definition) is 1. The van der Waals surface area contributed by atoms with Gasteiger partial charge in [0.05, 0.1) is 11.3 Å². The molecule has 1 aliphatic heterocycles. The van der Waals surface area contributed by atoms with Crippen molar-refractivity contribution >= 4 is 32.5 Å². The van der Waals surface area contributed by atoms with Crippen LogP contribution < -0.4 is 0 Å². The van der Waals surface area contributed by atoms with Crippen LogP contribution in [0.1, 0.15) is 17.9 Å². The molecule has 0 aliphatic carbocycles. The summed E-state index contributed by atoms with van der Waals surface area (Å²) in [6.07, 6.45) is 4.04. The highest BCUT2D eigenvalue weighted by Gasteiger charge is 2.29. The number of nitrogens with one attached hydrogen (secondary N) is 1. The fraction of sp³-hybridized carbons (Fsp3) is 0.263. The fourth-order valence-electron chi connectivity index (χ4n) is 3.53. The molecule has 0 saturated carbocycles. The highest BCUT2D eigenvalue weighted by atomic mass is 35.5. The van der Waals surface area contributed by atoms with Crippen molar-refractivity contribution in [1.29, 1.82) is 0 Å². The van der Waals surface area contributed by atoms with E-state index in [-0.39, 0.29) is 5.92 Å². The van der Waals surface area contributed by atoms with Gasteiger partial charge in [-0.05, 0) is 41.7 Å². The van der Waals surface area contributed by atoms with Crippen molar-refractivity contribution in [2.45, 2.75) is 12.3 Å². The molecular formula is C19H19ClN2O2S. The van der Waals surface area contributed by atoms with E-state index in [1.807, 2.05) is 18.3 Å². The second kappa shape index (κ2) is 6.16.